The molecule has 1 saturated carbocycles. The van der Waals surface area contributed by atoms with Gasteiger partial charge < -0.3 is 5.32 Å². The molecule has 0 spiro atoms. The van der Waals surface area contributed by atoms with Crippen LogP contribution in [0.2, 0.25) is 0 Å². The molecular formula is C12H14F3NOS. The maximum absolute atomic E-state index is 12.6. The number of amides is 1. The van der Waals surface area contributed by atoms with Gasteiger partial charge in [-0.15, -0.1) is 0 Å². The van der Waals surface area contributed by atoms with E-state index in [0.717, 1.165) is 0 Å². The lowest BCUT2D eigenvalue weighted by Crippen LogP contribution is -2.41. The van der Waals surface area contributed by atoms with Gasteiger partial charge in [-0.1, -0.05) is 6.42 Å². The van der Waals surface area contributed by atoms with E-state index in [1.807, 2.05) is 0 Å². The minimum Gasteiger partial charge on any atom is -0.349 e. The van der Waals surface area contributed by atoms with Crippen LogP contribution in [-0.4, -0.2) is 18.1 Å². The SMILES string of the molecule is O=C(N[C@H]1CCC[C@@H](C(F)(F)F)C1)c1ccsc1. The molecule has 100 valence electrons. The average molecular weight is 277 g/mol. The maximum Gasteiger partial charge on any atom is 0.391 e. The number of nitrogens with one attached hydrogen (secondary N) is 1. The highest BCUT2D eigenvalue weighted by Gasteiger charge is 2.42. The summed E-state index contributed by atoms with van der Waals surface area (Å²) in [5.74, 6) is -1.55. The summed E-state index contributed by atoms with van der Waals surface area (Å²) in [4.78, 5) is 11.7. The molecule has 2 atom stereocenters. The van der Waals surface area contributed by atoms with Crippen LogP contribution in [0.15, 0.2) is 16.8 Å². The monoisotopic (exact) mass is 277 g/mol. The zero-order chi connectivity index (χ0) is 13.2. The van der Waals surface area contributed by atoms with Crippen molar-refractivity contribution in [2.45, 2.75) is 37.9 Å². The van der Waals surface area contributed by atoms with Crippen molar-refractivity contribution < 1.29 is 18.0 Å². The zero-order valence-electron chi connectivity index (χ0n) is 9.67. The number of hydrogen-bond donors (Lipinski definition) is 1. The lowest BCUT2D eigenvalue weighted by molar-refractivity contribution is -0.183. The Morgan fingerprint density at radius 1 is 1.39 bits per heavy atom. The van der Waals surface area contributed by atoms with Gasteiger partial charge in [0.2, 0.25) is 0 Å². The Hall–Kier alpha value is -1.04. The van der Waals surface area contributed by atoms with Crippen LogP contribution in [-0.2, 0) is 0 Å². The summed E-state index contributed by atoms with van der Waals surface area (Å²) in [6.07, 6.45) is -2.83. The first kappa shape index (κ1) is 13.4. The molecule has 18 heavy (non-hydrogen) atoms. The topological polar surface area (TPSA) is 29.1 Å². The maximum atomic E-state index is 12.6. The third-order valence-corrected chi connectivity index (χ3v) is 3.94. The second kappa shape index (κ2) is 5.30. The highest BCUT2D eigenvalue weighted by atomic mass is 32.1. The Morgan fingerprint density at radius 2 is 2.17 bits per heavy atom. The van der Waals surface area contributed by atoms with Gasteiger partial charge in [-0.3, -0.25) is 4.79 Å². The minimum atomic E-state index is -4.15. The van der Waals surface area contributed by atoms with Crippen LogP contribution in [0.5, 0.6) is 0 Å². The van der Waals surface area contributed by atoms with E-state index in [9.17, 15) is 18.0 Å². The van der Waals surface area contributed by atoms with Gasteiger partial charge >= 0.3 is 6.18 Å². The van der Waals surface area contributed by atoms with Gasteiger partial charge in [0.25, 0.3) is 5.91 Å². The van der Waals surface area contributed by atoms with Gasteiger partial charge in [-0.25, -0.2) is 0 Å². The largest absolute Gasteiger partial charge is 0.391 e. The number of rotatable bonds is 2. The van der Waals surface area contributed by atoms with E-state index >= 15 is 0 Å². The van der Waals surface area contributed by atoms with Crippen molar-refractivity contribution in [3.63, 3.8) is 0 Å². The molecule has 1 amide bonds. The minimum absolute atomic E-state index is 0.000618. The zero-order valence-corrected chi connectivity index (χ0v) is 10.5. The van der Waals surface area contributed by atoms with E-state index in [1.54, 1.807) is 16.8 Å². The van der Waals surface area contributed by atoms with Crippen molar-refractivity contribution in [2.75, 3.05) is 0 Å². The fourth-order valence-electron chi connectivity index (χ4n) is 2.28. The van der Waals surface area contributed by atoms with Crippen molar-refractivity contribution in [1.82, 2.24) is 5.32 Å². The third kappa shape index (κ3) is 3.25. The second-order valence-corrected chi connectivity index (χ2v) is 5.37. The summed E-state index contributed by atoms with van der Waals surface area (Å²) in [6.45, 7) is 0. The molecule has 0 radical (unpaired) electrons. The summed E-state index contributed by atoms with van der Waals surface area (Å²) in [5.41, 5.74) is 0.522. The van der Waals surface area contributed by atoms with E-state index in [4.69, 9.17) is 0 Å². The Morgan fingerprint density at radius 3 is 2.78 bits per heavy atom. The quantitative estimate of drug-likeness (QED) is 0.879. The Bertz CT molecular complexity index is 402. The van der Waals surface area contributed by atoms with Gasteiger partial charge in [0.05, 0.1) is 5.92 Å². The lowest BCUT2D eigenvalue weighted by Gasteiger charge is -2.30. The first-order valence-electron chi connectivity index (χ1n) is 5.86. The van der Waals surface area contributed by atoms with Crippen LogP contribution in [0.25, 0.3) is 0 Å². The molecule has 1 aromatic heterocycles. The summed E-state index contributed by atoms with van der Waals surface area (Å²) >= 11 is 1.39. The summed E-state index contributed by atoms with van der Waals surface area (Å²) in [5, 5.41) is 6.16. The Kier molecular flexibility index (Phi) is 3.94. The number of thiophene rings is 1. The molecule has 1 fully saturated rings. The molecule has 1 aliphatic rings. The number of halogens is 3. The molecule has 1 heterocycles. The van der Waals surface area contributed by atoms with E-state index < -0.39 is 12.1 Å². The molecule has 0 saturated heterocycles. The molecule has 2 nitrogen and oxygen atoms in total. The third-order valence-electron chi connectivity index (χ3n) is 3.26. The standard InChI is InChI=1S/C12H14F3NOS/c13-12(14,15)9-2-1-3-10(6-9)16-11(17)8-4-5-18-7-8/h4-5,7,9-10H,1-3,6H2,(H,16,17)/t9-,10+/m1/s1. The van der Waals surface area contributed by atoms with Gasteiger partial charge in [-0.05, 0) is 30.7 Å². The lowest BCUT2D eigenvalue weighted by atomic mass is 9.85. The van der Waals surface area contributed by atoms with Crippen LogP contribution < -0.4 is 5.32 Å². The number of carbonyl (C=O) groups excluding carboxylic acids is 1. The molecule has 1 aliphatic carbocycles. The van der Waals surface area contributed by atoms with Crippen molar-refractivity contribution in [2.24, 2.45) is 5.92 Å². The molecule has 0 aliphatic heterocycles. The molecule has 0 bridgehead atoms. The van der Waals surface area contributed by atoms with Crippen molar-refractivity contribution in [3.05, 3.63) is 22.4 Å². The van der Waals surface area contributed by atoms with E-state index in [1.165, 1.54) is 11.3 Å². The molecule has 0 aromatic carbocycles. The van der Waals surface area contributed by atoms with E-state index in [0.29, 0.717) is 18.4 Å². The van der Waals surface area contributed by atoms with Crippen molar-refractivity contribution in [1.29, 1.82) is 0 Å². The fourth-order valence-corrected chi connectivity index (χ4v) is 2.92. The molecule has 6 heteroatoms. The van der Waals surface area contributed by atoms with Gasteiger partial charge in [0, 0.05) is 17.0 Å². The van der Waals surface area contributed by atoms with Crippen LogP contribution in [0, 0.1) is 5.92 Å². The van der Waals surface area contributed by atoms with Crippen LogP contribution in [0.4, 0.5) is 13.2 Å². The first-order valence-corrected chi connectivity index (χ1v) is 6.81. The summed E-state index contributed by atoms with van der Waals surface area (Å²) in [6, 6.07) is 1.31. The highest BCUT2D eigenvalue weighted by Crippen LogP contribution is 2.37. The number of alkyl halides is 3. The predicted octanol–water partition coefficient (Wildman–Crippen LogP) is 3.60. The first-order chi connectivity index (χ1) is 8.47. The van der Waals surface area contributed by atoms with E-state index in [-0.39, 0.29) is 24.8 Å². The molecule has 2 rings (SSSR count). The van der Waals surface area contributed by atoms with Crippen LogP contribution >= 0.6 is 11.3 Å². The summed E-state index contributed by atoms with van der Waals surface area (Å²) < 4.78 is 37.8. The average Bonchev–Trinajstić information content (AvgIpc) is 2.81. The fraction of sp³-hybridized carbons (Fsp3) is 0.583. The van der Waals surface area contributed by atoms with Gasteiger partial charge in [0.1, 0.15) is 0 Å². The number of hydrogen-bond acceptors (Lipinski definition) is 2. The Labute approximate surface area is 107 Å². The molecule has 0 unspecified atom stereocenters. The molecular weight excluding hydrogens is 263 g/mol. The van der Waals surface area contributed by atoms with Gasteiger partial charge in [0.15, 0.2) is 0 Å². The predicted molar refractivity (Wildman–Crippen MR) is 63.6 cm³/mol. The van der Waals surface area contributed by atoms with Gasteiger partial charge in [-0.2, -0.15) is 24.5 Å². The van der Waals surface area contributed by atoms with Crippen LogP contribution in [0.1, 0.15) is 36.0 Å². The summed E-state index contributed by atoms with van der Waals surface area (Å²) in [7, 11) is 0. The second-order valence-electron chi connectivity index (χ2n) is 4.59. The van der Waals surface area contributed by atoms with Crippen LogP contribution in [0.3, 0.4) is 0 Å². The smallest absolute Gasteiger partial charge is 0.349 e. The number of carbonyl (C=O) groups is 1. The Balaban J connectivity index is 1.92. The molecule has 1 N–H and O–H groups in total. The van der Waals surface area contributed by atoms with E-state index in [2.05, 4.69) is 5.32 Å². The van der Waals surface area contributed by atoms with Crippen molar-refractivity contribution >= 4 is 17.2 Å². The highest BCUT2D eigenvalue weighted by molar-refractivity contribution is 7.08. The van der Waals surface area contributed by atoms with Crippen molar-refractivity contribution in [3.8, 4) is 0 Å². The normalized spacial score (nSPS) is 24.8. The molecule has 1 aromatic rings.